The molecule has 8 heteroatoms. The van der Waals surface area contributed by atoms with Crippen LogP contribution in [0.5, 0.6) is 0 Å². The summed E-state index contributed by atoms with van der Waals surface area (Å²) in [5.74, 6) is -0.105. The molecule has 1 saturated carbocycles. The summed E-state index contributed by atoms with van der Waals surface area (Å²) < 4.78 is 27.0. The summed E-state index contributed by atoms with van der Waals surface area (Å²) in [4.78, 5) is 22.6. The Hall–Kier alpha value is -1.15. The maximum atomic E-state index is 12.7. The number of carbonyl (C=O) groups is 2. The van der Waals surface area contributed by atoms with Gasteiger partial charge in [-0.1, -0.05) is 19.3 Å². The monoisotopic (exact) mass is 343 g/mol. The van der Waals surface area contributed by atoms with Crippen molar-refractivity contribution >= 4 is 22.0 Å². The second kappa shape index (κ2) is 6.05. The number of rotatable bonds is 5. The fraction of sp³-hybridized carbons (Fsp3) is 0.867. The number of sulfonamides is 1. The minimum Gasteiger partial charge on any atom is -0.326 e. The van der Waals surface area contributed by atoms with Crippen LogP contribution >= 0.6 is 0 Å². The number of nitrogens with zero attached hydrogens (tertiary/aromatic N) is 1. The maximum Gasteiger partial charge on any atom is 0.322 e. The maximum absolute atomic E-state index is 12.7. The third kappa shape index (κ3) is 3.10. The number of imide groups is 1. The lowest BCUT2D eigenvalue weighted by atomic mass is 9.70. The Morgan fingerprint density at radius 3 is 2.43 bits per heavy atom. The van der Waals surface area contributed by atoms with Gasteiger partial charge in [-0.2, -0.15) is 4.31 Å². The molecule has 0 spiro atoms. The van der Waals surface area contributed by atoms with E-state index in [0.29, 0.717) is 12.5 Å². The number of hydrogen-bond acceptors (Lipinski definition) is 4. The lowest BCUT2D eigenvalue weighted by Crippen LogP contribution is -2.64. The van der Waals surface area contributed by atoms with Gasteiger partial charge in [0.15, 0.2) is 0 Å². The van der Waals surface area contributed by atoms with E-state index in [1.54, 1.807) is 4.31 Å². The van der Waals surface area contributed by atoms with E-state index < -0.39 is 28.0 Å². The molecule has 2 saturated heterocycles. The van der Waals surface area contributed by atoms with Gasteiger partial charge < -0.3 is 5.32 Å². The lowest BCUT2D eigenvalue weighted by molar-refractivity contribution is -0.120. The molecule has 0 aromatic heterocycles. The average Bonchev–Trinajstić information content (AvgIpc) is 2.82. The summed E-state index contributed by atoms with van der Waals surface area (Å²) in [5, 5.41) is 4.58. The molecule has 0 aromatic rings. The van der Waals surface area contributed by atoms with Crippen LogP contribution in [-0.2, 0) is 14.8 Å². The highest BCUT2D eigenvalue weighted by atomic mass is 32.2. The van der Waals surface area contributed by atoms with E-state index in [2.05, 4.69) is 17.6 Å². The standard InChI is InChI=1S/C15H25N3O4S/c1-15(11-5-3-2-4-6-11)8-9-18(15)23(21,22)10-7-12-13(19)17-14(20)16-12/h11-12H,2-10H2,1H3,(H2,16,17,19,20). The predicted octanol–water partition coefficient (Wildman–Crippen LogP) is 0.959. The van der Waals surface area contributed by atoms with E-state index in [4.69, 9.17) is 0 Å². The van der Waals surface area contributed by atoms with Crippen LogP contribution in [-0.4, -0.2) is 48.5 Å². The Bertz CT molecular complexity index is 600. The van der Waals surface area contributed by atoms with E-state index in [1.165, 1.54) is 19.3 Å². The number of carbonyl (C=O) groups excluding carboxylic acids is 2. The second-order valence-corrected chi connectivity index (χ2v) is 9.15. The largest absolute Gasteiger partial charge is 0.326 e. The molecule has 2 heterocycles. The summed E-state index contributed by atoms with van der Waals surface area (Å²) in [6.07, 6.45) is 6.85. The first-order valence-electron chi connectivity index (χ1n) is 8.45. The fourth-order valence-electron chi connectivity index (χ4n) is 4.18. The van der Waals surface area contributed by atoms with Crippen molar-refractivity contribution in [1.82, 2.24) is 14.9 Å². The van der Waals surface area contributed by atoms with Gasteiger partial charge in [0, 0.05) is 12.1 Å². The van der Waals surface area contributed by atoms with Gasteiger partial charge in [-0.05, 0) is 38.5 Å². The van der Waals surface area contributed by atoms with E-state index >= 15 is 0 Å². The number of hydrogen-bond donors (Lipinski definition) is 2. The highest BCUT2D eigenvalue weighted by Gasteiger charge is 2.51. The van der Waals surface area contributed by atoms with Crippen molar-refractivity contribution < 1.29 is 18.0 Å². The Balaban J connectivity index is 1.63. The highest BCUT2D eigenvalue weighted by molar-refractivity contribution is 7.89. The minimum absolute atomic E-state index is 0.103. The number of nitrogens with one attached hydrogen (secondary N) is 2. The number of urea groups is 1. The molecule has 23 heavy (non-hydrogen) atoms. The normalized spacial score (nSPS) is 33.2. The summed E-state index contributed by atoms with van der Waals surface area (Å²) in [6.45, 7) is 2.63. The Labute approximate surface area is 137 Å². The molecule has 3 rings (SSSR count). The fourth-order valence-corrected chi connectivity index (χ4v) is 6.18. The predicted molar refractivity (Wildman–Crippen MR) is 85.2 cm³/mol. The zero-order chi connectivity index (χ0) is 16.7. The molecule has 1 aliphatic carbocycles. The SMILES string of the molecule is CC1(C2CCCCC2)CCN1S(=O)(=O)CCC1NC(=O)NC1=O. The molecule has 3 fully saturated rings. The third-order valence-electron chi connectivity index (χ3n) is 5.73. The van der Waals surface area contributed by atoms with E-state index in [9.17, 15) is 18.0 Å². The topological polar surface area (TPSA) is 95.6 Å². The number of amides is 3. The summed E-state index contributed by atoms with van der Waals surface area (Å²) >= 11 is 0. The van der Waals surface area contributed by atoms with Crippen LogP contribution in [0.25, 0.3) is 0 Å². The van der Waals surface area contributed by atoms with Gasteiger partial charge >= 0.3 is 6.03 Å². The minimum atomic E-state index is -3.41. The Morgan fingerprint density at radius 2 is 1.91 bits per heavy atom. The third-order valence-corrected chi connectivity index (χ3v) is 7.76. The first-order valence-corrected chi connectivity index (χ1v) is 10.1. The summed E-state index contributed by atoms with van der Waals surface area (Å²) in [7, 11) is -3.41. The molecule has 0 bridgehead atoms. The summed E-state index contributed by atoms with van der Waals surface area (Å²) in [5.41, 5.74) is -0.263. The first-order chi connectivity index (χ1) is 10.8. The smallest absolute Gasteiger partial charge is 0.322 e. The van der Waals surface area contributed by atoms with Crippen molar-refractivity contribution in [1.29, 1.82) is 0 Å². The van der Waals surface area contributed by atoms with Crippen molar-refractivity contribution in [3.63, 3.8) is 0 Å². The van der Waals surface area contributed by atoms with Crippen molar-refractivity contribution in [2.75, 3.05) is 12.3 Å². The van der Waals surface area contributed by atoms with E-state index in [0.717, 1.165) is 19.3 Å². The summed E-state index contributed by atoms with van der Waals surface area (Å²) in [6, 6.07) is -1.28. The molecule has 0 aromatic carbocycles. The first kappa shape index (κ1) is 16.7. The zero-order valence-corrected chi connectivity index (χ0v) is 14.3. The Kier molecular flexibility index (Phi) is 4.39. The molecule has 2 unspecified atom stereocenters. The molecule has 7 nitrogen and oxygen atoms in total. The zero-order valence-electron chi connectivity index (χ0n) is 13.5. The molecule has 3 aliphatic rings. The lowest BCUT2D eigenvalue weighted by Gasteiger charge is -2.54. The van der Waals surface area contributed by atoms with E-state index in [1.807, 2.05) is 0 Å². The van der Waals surface area contributed by atoms with Crippen molar-refractivity contribution in [2.45, 2.75) is 63.5 Å². The van der Waals surface area contributed by atoms with Crippen LogP contribution < -0.4 is 10.6 Å². The molecule has 2 atom stereocenters. The van der Waals surface area contributed by atoms with Gasteiger partial charge in [0.1, 0.15) is 6.04 Å². The van der Waals surface area contributed by atoms with Gasteiger partial charge in [-0.3, -0.25) is 10.1 Å². The van der Waals surface area contributed by atoms with Crippen molar-refractivity contribution in [3.8, 4) is 0 Å². The van der Waals surface area contributed by atoms with Crippen LogP contribution in [0.2, 0.25) is 0 Å². The molecule has 2 N–H and O–H groups in total. The van der Waals surface area contributed by atoms with Gasteiger partial charge in [-0.25, -0.2) is 13.2 Å². The molecule has 0 radical (unpaired) electrons. The molecule has 2 aliphatic heterocycles. The molecule has 130 valence electrons. The van der Waals surface area contributed by atoms with Crippen LogP contribution in [0.4, 0.5) is 4.79 Å². The van der Waals surface area contributed by atoms with Crippen molar-refractivity contribution in [2.24, 2.45) is 5.92 Å². The van der Waals surface area contributed by atoms with Crippen LogP contribution in [0.1, 0.15) is 51.9 Å². The van der Waals surface area contributed by atoms with Gasteiger partial charge in [-0.15, -0.1) is 0 Å². The average molecular weight is 343 g/mol. The van der Waals surface area contributed by atoms with Gasteiger partial charge in [0.25, 0.3) is 5.91 Å². The van der Waals surface area contributed by atoms with Crippen molar-refractivity contribution in [3.05, 3.63) is 0 Å². The van der Waals surface area contributed by atoms with Crippen LogP contribution in [0.15, 0.2) is 0 Å². The Morgan fingerprint density at radius 1 is 1.22 bits per heavy atom. The quantitative estimate of drug-likeness (QED) is 0.727. The van der Waals surface area contributed by atoms with Crippen LogP contribution in [0.3, 0.4) is 0 Å². The van der Waals surface area contributed by atoms with E-state index in [-0.39, 0.29) is 17.7 Å². The molecule has 3 amide bonds. The molecular formula is C15H25N3O4S. The van der Waals surface area contributed by atoms with Gasteiger partial charge in [0.2, 0.25) is 10.0 Å². The molecular weight excluding hydrogens is 318 g/mol. The second-order valence-electron chi connectivity index (χ2n) is 7.13. The van der Waals surface area contributed by atoms with Gasteiger partial charge in [0.05, 0.1) is 5.75 Å². The highest BCUT2D eigenvalue weighted by Crippen LogP contribution is 2.45. The van der Waals surface area contributed by atoms with Crippen LogP contribution in [0, 0.1) is 5.92 Å².